The number of benzene rings is 1. The smallest absolute Gasteiger partial charge is 0.227 e. The van der Waals surface area contributed by atoms with Crippen molar-refractivity contribution < 1.29 is 9.90 Å². The molecule has 0 aromatic heterocycles. The highest BCUT2D eigenvalue weighted by atomic mass is 79.9. The monoisotopic (exact) mass is 283 g/mol. The summed E-state index contributed by atoms with van der Waals surface area (Å²) in [7, 11) is 0. The van der Waals surface area contributed by atoms with Crippen LogP contribution in [0.1, 0.15) is 12.0 Å². The van der Waals surface area contributed by atoms with Crippen molar-refractivity contribution in [2.75, 3.05) is 16.8 Å². The number of carbonyl (C=O) groups excluding carboxylic acids is 1. The fraction of sp³-hybridized carbons (Fsp3) is 0.417. The number of rotatable bonds is 3. The van der Waals surface area contributed by atoms with Crippen LogP contribution < -0.4 is 4.90 Å². The van der Waals surface area contributed by atoms with Gasteiger partial charge in [0.15, 0.2) is 0 Å². The second-order valence-electron chi connectivity index (χ2n) is 4.02. The molecule has 2 rings (SSSR count). The first-order valence-electron chi connectivity index (χ1n) is 5.31. The molecule has 0 radical (unpaired) electrons. The van der Waals surface area contributed by atoms with E-state index in [0.29, 0.717) is 12.3 Å². The number of amides is 1. The van der Waals surface area contributed by atoms with Gasteiger partial charge in [0.2, 0.25) is 5.91 Å². The van der Waals surface area contributed by atoms with Gasteiger partial charge in [0, 0.05) is 29.5 Å². The third kappa shape index (κ3) is 2.13. The molecule has 1 aliphatic rings. The van der Waals surface area contributed by atoms with E-state index in [0.717, 1.165) is 23.1 Å². The van der Waals surface area contributed by atoms with Gasteiger partial charge in [0.25, 0.3) is 0 Å². The number of aliphatic hydroxyl groups excluding tert-OH is 1. The maximum absolute atomic E-state index is 11.8. The molecule has 1 fully saturated rings. The first-order valence-corrected chi connectivity index (χ1v) is 6.43. The Bertz CT molecular complexity index is 394. The molecule has 4 heteroatoms. The van der Waals surface area contributed by atoms with Gasteiger partial charge in [-0.05, 0) is 12.0 Å². The second kappa shape index (κ2) is 4.97. The first-order chi connectivity index (χ1) is 7.76. The highest BCUT2D eigenvalue weighted by molar-refractivity contribution is 9.09. The number of anilines is 1. The highest BCUT2D eigenvalue weighted by Crippen LogP contribution is 2.28. The molecule has 0 bridgehead atoms. The summed E-state index contributed by atoms with van der Waals surface area (Å²) in [6.45, 7) is 0.708. The summed E-state index contributed by atoms with van der Waals surface area (Å²) in [5, 5.41) is 10.1. The van der Waals surface area contributed by atoms with Gasteiger partial charge in [-0.1, -0.05) is 34.1 Å². The fourth-order valence-corrected chi connectivity index (χ4v) is 2.46. The Kier molecular flexibility index (Phi) is 3.61. The van der Waals surface area contributed by atoms with Crippen LogP contribution in [0.3, 0.4) is 0 Å². The minimum atomic E-state index is -0.0288. The van der Waals surface area contributed by atoms with Gasteiger partial charge in [-0.2, -0.15) is 0 Å². The molecule has 1 atom stereocenters. The maximum Gasteiger partial charge on any atom is 0.227 e. The van der Waals surface area contributed by atoms with Crippen LogP contribution in [0, 0.1) is 5.92 Å². The summed E-state index contributed by atoms with van der Waals surface area (Å²) in [6, 6.07) is 7.50. The van der Waals surface area contributed by atoms with Gasteiger partial charge in [-0.15, -0.1) is 0 Å². The molecule has 1 aromatic rings. The van der Waals surface area contributed by atoms with Crippen LogP contribution in [0.2, 0.25) is 0 Å². The van der Waals surface area contributed by atoms with Gasteiger partial charge < -0.3 is 10.0 Å². The van der Waals surface area contributed by atoms with Gasteiger partial charge in [-0.3, -0.25) is 4.79 Å². The third-order valence-corrected chi connectivity index (χ3v) is 3.79. The molecule has 86 valence electrons. The van der Waals surface area contributed by atoms with E-state index in [1.807, 2.05) is 24.3 Å². The number of hydrogen-bond donors (Lipinski definition) is 1. The fourth-order valence-electron chi connectivity index (χ4n) is 2.03. The third-order valence-electron chi connectivity index (χ3n) is 2.88. The van der Waals surface area contributed by atoms with Crippen LogP contribution in [0.4, 0.5) is 5.69 Å². The molecule has 16 heavy (non-hydrogen) atoms. The van der Waals surface area contributed by atoms with Crippen molar-refractivity contribution in [1.82, 2.24) is 0 Å². The SMILES string of the molecule is O=C1CC(CBr)CN1c1ccccc1CO. The van der Waals surface area contributed by atoms with Crippen LogP contribution >= 0.6 is 15.9 Å². The van der Waals surface area contributed by atoms with Crippen LogP contribution in [-0.2, 0) is 11.4 Å². The molecular weight excluding hydrogens is 270 g/mol. The molecule has 1 amide bonds. The zero-order chi connectivity index (χ0) is 11.5. The van der Waals surface area contributed by atoms with E-state index in [4.69, 9.17) is 0 Å². The number of nitrogens with zero attached hydrogens (tertiary/aromatic N) is 1. The molecule has 1 N–H and O–H groups in total. The Morgan fingerprint density at radius 1 is 1.44 bits per heavy atom. The molecule has 1 aliphatic heterocycles. The zero-order valence-corrected chi connectivity index (χ0v) is 10.5. The number of alkyl halides is 1. The largest absolute Gasteiger partial charge is 0.392 e. The normalized spacial score (nSPS) is 20.5. The molecule has 0 aliphatic carbocycles. The average molecular weight is 284 g/mol. The Balaban J connectivity index is 2.27. The Morgan fingerprint density at radius 3 is 2.81 bits per heavy atom. The van der Waals surface area contributed by atoms with E-state index in [1.54, 1.807) is 4.90 Å². The minimum Gasteiger partial charge on any atom is -0.392 e. The molecule has 3 nitrogen and oxygen atoms in total. The Labute approximate surface area is 103 Å². The summed E-state index contributed by atoms with van der Waals surface area (Å²) in [5.41, 5.74) is 1.66. The van der Waals surface area contributed by atoms with E-state index in [-0.39, 0.29) is 12.5 Å². The number of carbonyl (C=O) groups is 1. The molecule has 1 heterocycles. The number of hydrogen-bond acceptors (Lipinski definition) is 2. The van der Waals surface area contributed by atoms with E-state index in [1.165, 1.54) is 0 Å². The van der Waals surface area contributed by atoms with E-state index < -0.39 is 0 Å². The summed E-state index contributed by atoms with van der Waals surface area (Å²) in [5.74, 6) is 0.518. The molecular formula is C12H14BrNO2. The summed E-state index contributed by atoms with van der Waals surface area (Å²) < 4.78 is 0. The van der Waals surface area contributed by atoms with E-state index in [9.17, 15) is 9.90 Å². The van der Waals surface area contributed by atoms with Crippen molar-refractivity contribution in [1.29, 1.82) is 0 Å². The molecule has 1 aromatic carbocycles. The number of para-hydroxylation sites is 1. The van der Waals surface area contributed by atoms with Crippen molar-refractivity contribution in [3.8, 4) is 0 Å². The van der Waals surface area contributed by atoms with Gasteiger partial charge >= 0.3 is 0 Å². The number of aliphatic hydroxyl groups is 1. The topological polar surface area (TPSA) is 40.5 Å². The molecule has 0 saturated carbocycles. The molecule has 0 spiro atoms. The predicted octanol–water partition coefficient (Wildman–Crippen LogP) is 1.93. The lowest BCUT2D eigenvalue weighted by Crippen LogP contribution is -2.25. The van der Waals surface area contributed by atoms with Crippen molar-refractivity contribution in [2.24, 2.45) is 5.92 Å². The lowest BCUT2D eigenvalue weighted by molar-refractivity contribution is -0.117. The maximum atomic E-state index is 11.8. The van der Waals surface area contributed by atoms with Crippen LogP contribution in [0.5, 0.6) is 0 Å². The predicted molar refractivity (Wildman–Crippen MR) is 66.6 cm³/mol. The van der Waals surface area contributed by atoms with Crippen molar-refractivity contribution in [3.63, 3.8) is 0 Å². The standard InChI is InChI=1S/C12H14BrNO2/c13-6-9-5-12(16)14(7-9)11-4-2-1-3-10(11)8-15/h1-4,9,15H,5-8H2. The van der Waals surface area contributed by atoms with Gasteiger partial charge in [-0.25, -0.2) is 0 Å². The van der Waals surface area contributed by atoms with Crippen LogP contribution in [-0.4, -0.2) is 22.9 Å². The van der Waals surface area contributed by atoms with Crippen LogP contribution in [0.15, 0.2) is 24.3 Å². The number of halogens is 1. The zero-order valence-electron chi connectivity index (χ0n) is 8.90. The quantitative estimate of drug-likeness (QED) is 0.862. The molecule has 1 saturated heterocycles. The van der Waals surface area contributed by atoms with Crippen molar-refractivity contribution in [3.05, 3.63) is 29.8 Å². The van der Waals surface area contributed by atoms with E-state index >= 15 is 0 Å². The summed E-state index contributed by atoms with van der Waals surface area (Å²) >= 11 is 3.41. The van der Waals surface area contributed by atoms with Gasteiger partial charge in [0.05, 0.1) is 6.61 Å². The second-order valence-corrected chi connectivity index (χ2v) is 4.66. The van der Waals surface area contributed by atoms with Crippen molar-refractivity contribution >= 4 is 27.5 Å². The average Bonchev–Trinajstić information content (AvgIpc) is 2.70. The van der Waals surface area contributed by atoms with E-state index in [2.05, 4.69) is 15.9 Å². The first kappa shape index (κ1) is 11.6. The lowest BCUT2D eigenvalue weighted by Gasteiger charge is -2.19. The Morgan fingerprint density at radius 2 is 2.19 bits per heavy atom. The summed E-state index contributed by atoms with van der Waals surface area (Å²) in [6.07, 6.45) is 0.588. The lowest BCUT2D eigenvalue weighted by atomic mass is 10.1. The summed E-state index contributed by atoms with van der Waals surface area (Å²) in [4.78, 5) is 13.6. The van der Waals surface area contributed by atoms with Crippen LogP contribution in [0.25, 0.3) is 0 Å². The van der Waals surface area contributed by atoms with Gasteiger partial charge in [0.1, 0.15) is 0 Å². The highest BCUT2D eigenvalue weighted by Gasteiger charge is 2.30. The molecule has 1 unspecified atom stereocenters. The van der Waals surface area contributed by atoms with Crippen molar-refractivity contribution in [2.45, 2.75) is 13.0 Å². The minimum absolute atomic E-state index is 0.0288. The Hall–Kier alpha value is -0.870.